The Morgan fingerprint density at radius 1 is 1.32 bits per heavy atom. The van der Waals surface area contributed by atoms with Crippen LogP contribution in [0.5, 0.6) is 5.75 Å². The molecular weight excluding hydrogens is 304 g/mol. The highest BCUT2D eigenvalue weighted by molar-refractivity contribution is 9.10. The molecule has 1 N–H and O–H groups in total. The smallest absolute Gasteiger partial charge is 0.133 e. The molecule has 106 valence electrons. The van der Waals surface area contributed by atoms with E-state index in [1.165, 1.54) is 19.3 Å². The first-order valence-electron chi connectivity index (χ1n) is 7.06. The monoisotopic (exact) mass is 326 g/mol. The summed E-state index contributed by atoms with van der Waals surface area (Å²) in [6, 6.07) is 6.04. The van der Waals surface area contributed by atoms with Crippen LogP contribution in [0.1, 0.15) is 44.6 Å². The molecule has 1 unspecified atom stereocenters. The zero-order chi connectivity index (χ0) is 13.9. The lowest BCUT2D eigenvalue weighted by Gasteiger charge is -2.38. The van der Waals surface area contributed by atoms with Gasteiger partial charge in [-0.2, -0.15) is 0 Å². The third-order valence-electron chi connectivity index (χ3n) is 4.45. The van der Waals surface area contributed by atoms with E-state index < -0.39 is 0 Å². The minimum absolute atomic E-state index is 0.0880. The van der Waals surface area contributed by atoms with Gasteiger partial charge in [-0.15, -0.1) is 0 Å². The molecule has 2 nitrogen and oxygen atoms in total. The fourth-order valence-electron chi connectivity index (χ4n) is 3.00. The predicted octanol–water partition coefficient (Wildman–Crippen LogP) is 4.33. The Labute approximate surface area is 124 Å². The first kappa shape index (κ1) is 14.9. The molecule has 0 amide bonds. The Bertz CT molecular complexity index is 425. The second kappa shape index (κ2) is 6.27. The maximum Gasteiger partial charge on any atom is 0.133 e. The van der Waals surface area contributed by atoms with Crippen molar-refractivity contribution in [3.63, 3.8) is 0 Å². The van der Waals surface area contributed by atoms with Gasteiger partial charge in [0.15, 0.2) is 0 Å². The van der Waals surface area contributed by atoms with Crippen LogP contribution in [0.4, 0.5) is 0 Å². The Balaban J connectivity index is 2.05. The molecule has 2 rings (SSSR count). The lowest BCUT2D eigenvalue weighted by molar-refractivity contribution is 0.0104. The summed E-state index contributed by atoms with van der Waals surface area (Å²) >= 11 is 3.50. The normalized spacial score (nSPS) is 20.0. The third-order valence-corrected chi connectivity index (χ3v) is 5.07. The van der Waals surface area contributed by atoms with Crippen LogP contribution in [0, 0.1) is 5.41 Å². The molecule has 1 fully saturated rings. The van der Waals surface area contributed by atoms with Crippen molar-refractivity contribution in [3.8, 4) is 5.75 Å². The van der Waals surface area contributed by atoms with E-state index in [1.54, 1.807) is 7.11 Å². The molecule has 0 heterocycles. The van der Waals surface area contributed by atoms with Crippen molar-refractivity contribution in [2.45, 2.75) is 51.6 Å². The molecule has 1 aromatic carbocycles. The van der Waals surface area contributed by atoms with E-state index in [0.29, 0.717) is 0 Å². The minimum Gasteiger partial charge on any atom is -0.496 e. The van der Waals surface area contributed by atoms with Gasteiger partial charge in [0.1, 0.15) is 5.75 Å². The second-order valence-corrected chi connectivity index (χ2v) is 6.76. The van der Waals surface area contributed by atoms with Crippen molar-refractivity contribution < 1.29 is 9.84 Å². The molecule has 0 saturated heterocycles. The van der Waals surface area contributed by atoms with Gasteiger partial charge in [-0.3, -0.25) is 0 Å². The average molecular weight is 327 g/mol. The van der Waals surface area contributed by atoms with Crippen molar-refractivity contribution in [2.75, 3.05) is 7.11 Å². The van der Waals surface area contributed by atoms with Crippen molar-refractivity contribution in [1.82, 2.24) is 0 Å². The van der Waals surface area contributed by atoms with Crippen LogP contribution in [0.15, 0.2) is 22.7 Å². The Kier molecular flexibility index (Phi) is 4.91. The summed E-state index contributed by atoms with van der Waals surface area (Å²) in [6.07, 6.45) is 6.57. The zero-order valence-corrected chi connectivity index (χ0v) is 13.4. The highest BCUT2D eigenvalue weighted by Crippen LogP contribution is 2.40. The van der Waals surface area contributed by atoms with Gasteiger partial charge in [-0.1, -0.05) is 32.3 Å². The highest BCUT2D eigenvalue weighted by atomic mass is 79.9. The fraction of sp³-hybridized carbons (Fsp3) is 0.625. The standard InChI is InChI=1S/C16H23BrO2/c1-16(8-4-3-5-9-16)15(18)11-12-6-7-14(19-2)13(17)10-12/h6-7,10,15,18H,3-5,8-9,11H2,1-2H3. The van der Waals surface area contributed by atoms with E-state index in [0.717, 1.165) is 35.0 Å². The molecule has 0 aromatic heterocycles. The molecule has 0 spiro atoms. The molecule has 1 saturated carbocycles. The van der Waals surface area contributed by atoms with Gasteiger partial charge in [0, 0.05) is 0 Å². The Hall–Kier alpha value is -0.540. The van der Waals surface area contributed by atoms with Crippen molar-refractivity contribution >= 4 is 15.9 Å². The Morgan fingerprint density at radius 3 is 2.58 bits per heavy atom. The van der Waals surface area contributed by atoms with E-state index in [-0.39, 0.29) is 11.5 Å². The summed E-state index contributed by atoms with van der Waals surface area (Å²) in [6.45, 7) is 2.23. The maximum atomic E-state index is 10.6. The summed E-state index contributed by atoms with van der Waals surface area (Å²) < 4.78 is 6.18. The summed E-state index contributed by atoms with van der Waals surface area (Å²) in [5, 5.41) is 10.6. The molecule has 0 aliphatic heterocycles. The molecule has 0 bridgehead atoms. The number of aliphatic hydroxyl groups is 1. The highest BCUT2D eigenvalue weighted by Gasteiger charge is 2.34. The molecule has 1 aromatic rings. The summed E-state index contributed by atoms with van der Waals surface area (Å²) in [7, 11) is 1.66. The predicted molar refractivity (Wildman–Crippen MR) is 81.6 cm³/mol. The molecular formula is C16H23BrO2. The SMILES string of the molecule is COc1ccc(CC(O)C2(C)CCCCC2)cc1Br. The van der Waals surface area contributed by atoms with Gasteiger partial charge in [-0.05, 0) is 58.3 Å². The van der Waals surface area contributed by atoms with Gasteiger partial charge < -0.3 is 9.84 Å². The first-order valence-corrected chi connectivity index (χ1v) is 7.85. The van der Waals surface area contributed by atoms with E-state index in [1.807, 2.05) is 18.2 Å². The molecule has 1 aliphatic rings. The summed E-state index contributed by atoms with van der Waals surface area (Å²) in [5.41, 5.74) is 1.25. The van der Waals surface area contributed by atoms with Crippen LogP contribution in [-0.4, -0.2) is 18.3 Å². The van der Waals surface area contributed by atoms with E-state index >= 15 is 0 Å². The van der Waals surface area contributed by atoms with Gasteiger partial charge >= 0.3 is 0 Å². The van der Waals surface area contributed by atoms with Crippen LogP contribution >= 0.6 is 15.9 Å². The van der Waals surface area contributed by atoms with Crippen molar-refractivity contribution in [1.29, 1.82) is 0 Å². The van der Waals surface area contributed by atoms with Gasteiger partial charge in [0.05, 0.1) is 17.7 Å². The van der Waals surface area contributed by atoms with Gasteiger partial charge in [0.25, 0.3) is 0 Å². The van der Waals surface area contributed by atoms with Crippen LogP contribution < -0.4 is 4.74 Å². The first-order chi connectivity index (χ1) is 9.05. The number of rotatable bonds is 4. The average Bonchev–Trinajstić information content (AvgIpc) is 2.40. The van der Waals surface area contributed by atoms with Crippen LogP contribution in [0.3, 0.4) is 0 Å². The summed E-state index contributed by atoms with van der Waals surface area (Å²) in [5.74, 6) is 0.835. The number of hydrogen-bond donors (Lipinski definition) is 1. The van der Waals surface area contributed by atoms with E-state index in [4.69, 9.17) is 4.74 Å². The Morgan fingerprint density at radius 2 is 2.00 bits per heavy atom. The number of methoxy groups -OCH3 is 1. The molecule has 1 atom stereocenters. The minimum atomic E-state index is -0.256. The number of benzene rings is 1. The quantitative estimate of drug-likeness (QED) is 0.892. The van der Waals surface area contributed by atoms with Crippen molar-refractivity contribution in [3.05, 3.63) is 28.2 Å². The fourth-order valence-corrected chi connectivity index (χ4v) is 3.59. The molecule has 1 aliphatic carbocycles. The number of halogens is 1. The van der Waals surface area contributed by atoms with Crippen molar-refractivity contribution in [2.24, 2.45) is 5.41 Å². The maximum absolute atomic E-state index is 10.6. The number of ether oxygens (including phenoxy) is 1. The lowest BCUT2D eigenvalue weighted by Crippen LogP contribution is -2.35. The van der Waals surface area contributed by atoms with E-state index in [2.05, 4.69) is 22.9 Å². The van der Waals surface area contributed by atoms with Crippen LogP contribution in [0.25, 0.3) is 0 Å². The number of aliphatic hydroxyl groups excluding tert-OH is 1. The largest absolute Gasteiger partial charge is 0.496 e. The van der Waals surface area contributed by atoms with Crippen LogP contribution in [0.2, 0.25) is 0 Å². The summed E-state index contributed by atoms with van der Waals surface area (Å²) in [4.78, 5) is 0. The van der Waals surface area contributed by atoms with Gasteiger partial charge in [-0.25, -0.2) is 0 Å². The topological polar surface area (TPSA) is 29.5 Å². The molecule has 3 heteroatoms. The third kappa shape index (κ3) is 3.51. The number of hydrogen-bond acceptors (Lipinski definition) is 2. The molecule has 0 radical (unpaired) electrons. The van der Waals surface area contributed by atoms with E-state index in [9.17, 15) is 5.11 Å². The lowest BCUT2D eigenvalue weighted by atomic mass is 9.70. The molecule has 19 heavy (non-hydrogen) atoms. The zero-order valence-electron chi connectivity index (χ0n) is 11.8. The van der Waals surface area contributed by atoms with Crippen LogP contribution in [-0.2, 0) is 6.42 Å². The second-order valence-electron chi connectivity index (χ2n) is 5.90. The van der Waals surface area contributed by atoms with Gasteiger partial charge in [0.2, 0.25) is 0 Å².